The van der Waals surface area contributed by atoms with E-state index in [1.165, 1.54) is 6.42 Å². The van der Waals surface area contributed by atoms with Crippen LogP contribution in [0.5, 0.6) is 0 Å². The van der Waals surface area contributed by atoms with Crippen LogP contribution in [0.1, 0.15) is 33.1 Å². The topological polar surface area (TPSA) is 37.3 Å². The van der Waals surface area contributed by atoms with Gasteiger partial charge in [0.05, 0.1) is 5.92 Å². The van der Waals surface area contributed by atoms with Crippen LogP contribution in [0.4, 0.5) is 0 Å². The first-order chi connectivity index (χ1) is 5.51. The Balaban J connectivity index is 2.06. The van der Waals surface area contributed by atoms with Gasteiger partial charge in [0.2, 0.25) is 0 Å². The molecule has 0 radical (unpaired) electrons. The highest BCUT2D eigenvalue weighted by molar-refractivity contribution is 5.70. The van der Waals surface area contributed by atoms with Gasteiger partial charge in [0.1, 0.15) is 0 Å². The van der Waals surface area contributed by atoms with Gasteiger partial charge in [0, 0.05) is 0 Å². The predicted molar refractivity (Wildman–Crippen MR) is 45.7 cm³/mol. The summed E-state index contributed by atoms with van der Waals surface area (Å²) in [5.74, 6) is 0.733. The van der Waals surface area contributed by atoms with Gasteiger partial charge in [-0.3, -0.25) is 4.79 Å². The SMILES string of the molecule is CC1(C)C2CC(C(=O)O)CC1C2. The van der Waals surface area contributed by atoms with Crippen LogP contribution in [0.25, 0.3) is 0 Å². The number of aliphatic carboxylic acids is 1. The molecular weight excluding hydrogens is 152 g/mol. The maximum absolute atomic E-state index is 10.7. The van der Waals surface area contributed by atoms with Crippen molar-refractivity contribution in [2.24, 2.45) is 23.2 Å². The standard InChI is InChI=1S/C10H16O2/c1-10(2)7-3-6(9(11)12)4-8(10)5-7/h6-8H,3-5H2,1-2H3,(H,11,12). The molecule has 0 aliphatic heterocycles. The third-order valence-electron chi connectivity index (χ3n) is 4.16. The minimum Gasteiger partial charge on any atom is -0.481 e. The maximum Gasteiger partial charge on any atom is 0.306 e. The number of hydrogen-bond acceptors (Lipinski definition) is 1. The van der Waals surface area contributed by atoms with Crippen LogP contribution >= 0.6 is 0 Å². The van der Waals surface area contributed by atoms with Gasteiger partial charge in [-0.2, -0.15) is 0 Å². The summed E-state index contributed by atoms with van der Waals surface area (Å²) in [6.07, 6.45) is 3.11. The summed E-state index contributed by atoms with van der Waals surface area (Å²) in [4.78, 5) is 10.7. The maximum atomic E-state index is 10.7. The van der Waals surface area contributed by atoms with Gasteiger partial charge in [-0.25, -0.2) is 0 Å². The van der Waals surface area contributed by atoms with E-state index in [0.717, 1.165) is 12.8 Å². The Morgan fingerprint density at radius 1 is 1.25 bits per heavy atom. The van der Waals surface area contributed by atoms with Gasteiger partial charge in [-0.05, 0) is 36.5 Å². The average molecular weight is 168 g/mol. The van der Waals surface area contributed by atoms with Crippen molar-refractivity contribution in [3.05, 3.63) is 0 Å². The number of carboxylic acid groups (broad SMARTS) is 1. The van der Waals surface area contributed by atoms with E-state index in [-0.39, 0.29) is 5.92 Å². The summed E-state index contributed by atoms with van der Waals surface area (Å²) < 4.78 is 0. The monoisotopic (exact) mass is 168 g/mol. The van der Waals surface area contributed by atoms with Crippen LogP contribution in [-0.2, 0) is 4.79 Å². The molecule has 0 heterocycles. The first kappa shape index (κ1) is 8.09. The van der Waals surface area contributed by atoms with Crippen molar-refractivity contribution < 1.29 is 9.90 Å². The number of fused-ring (bicyclic) bond motifs is 2. The lowest BCUT2D eigenvalue weighted by Gasteiger charge is -2.58. The van der Waals surface area contributed by atoms with Crippen LogP contribution in [0.15, 0.2) is 0 Å². The summed E-state index contributed by atoms with van der Waals surface area (Å²) in [5, 5.41) is 8.85. The first-order valence-corrected chi connectivity index (χ1v) is 4.74. The fourth-order valence-electron chi connectivity index (χ4n) is 2.91. The molecule has 0 aromatic carbocycles. The van der Waals surface area contributed by atoms with E-state index in [1.54, 1.807) is 0 Å². The quantitative estimate of drug-likeness (QED) is 0.651. The van der Waals surface area contributed by atoms with Crippen molar-refractivity contribution in [3.8, 4) is 0 Å². The summed E-state index contributed by atoms with van der Waals surface area (Å²) in [7, 11) is 0. The molecule has 68 valence electrons. The van der Waals surface area contributed by atoms with Crippen molar-refractivity contribution >= 4 is 5.97 Å². The summed E-state index contributed by atoms with van der Waals surface area (Å²) in [6.45, 7) is 4.56. The Morgan fingerprint density at radius 3 is 2.08 bits per heavy atom. The summed E-state index contributed by atoms with van der Waals surface area (Å²) >= 11 is 0. The normalized spacial score (nSPS) is 43.3. The van der Waals surface area contributed by atoms with Gasteiger partial charge >= 0.3 is 5.97 Å². The highest BCUT2D eigenvalue weighted by Gasteiger charge is 2.53. The Labute approximate surface area is 73.0 Å². The van der Waals surface area contributed by atoms with Crippen LogP contribution in [0.2, 0.25) is 0 Å². The molecular formula is C10H16O2. The average Bonchev–Trinajstić information content (AvgIpc) is 2.04. The van der Waals surface area contributed by atoms with Crippen molar-refractivity contribution in [2.75, 3.05) is 0 Å². The second-order valence-electron chi connectivity index (χ2n) is 4.96. The van der Waals surface area contributed by atoms with Gasteiger partial charge in [-0.1, -0.05) is 13.8 Å². The molecule has 2 heteroatoms. The summed E-state index contributed by atoms with van der Waals surface area (Å²) in [6, 6.07) is 0. The van der Waals surface area contributed by atoms with E-state index in [9.17, 15) is 4.79 Å². The van der Waals surface area contributed by atoms with Crippen molar-refractivity contribution in [1.29, 1.82) is 0 Å². The van der Waals surface area contributed by atoms with E-state index >= 15 is 0 Å². The fourth-order valence-corrected chi connectivity index (χ4v) is 2.91. The molecule has 3 fully saturated rings. The van der Waals surface area contributed by atoms with Crippen LogP contribution in [0.3, 0.4) is 0 Å². The van der Waals surface area contributed by atoms with E-state index in [1.807, 2.05) is 0 Å². The van der Waals surface area contributed by atoms with Crippen LogP contribution in [-0.4, -0.2) is 11.1 Å². The molecule has 0 saturated heterocycles. The highest BCUT2D eigenvalue weighted by Crippen LogP contribution is 2.60. The van der Waals surface area contributed by atoms with Crippen LogP contribution in [0, 0.1) is 23.2 Å². The minimum atomic E-state index is -0.583. The predicted octanol–water partition coefficient (Wildman–Crippen LogP) is 2.14. The van der Waals surface area contributed by atoms with Gasteiger partial charge < -0.3 is 5.11 Å². The lowest BCUT2D eigenvalue weighted by molar-refractivity contribution is -0.155. The number of carbonyl (C=O) groups is 1. The van der Waals surface area contributed by atoms with Gasteiger partial charge in [0.25, 0.3) is 0 Å². The van der Waals surface area contributed by atoms with Crippen molar-refractivity contribution in [2.45, 2.75) is 33.1 Å². The zero-order valence-corrected chi connectivity index (χ0v) is 7.71. The van der Waals surface area contributed by atoms with Crippen LogP contribution < -0.4 is 0 Å². The molecule has 3 aliphatic rings. The first-order valence-electron chi connectivity index (χ1n) is 4.74. The fraction of sp³-hybridized carbons (Fsp3) is 0.900. The highest BCUT2D eigenvalue weighted by atomic mass is 16.4. The molecule has 0 aromatic heterocycles. The molecule has 0 amide bonds. The minimum absolute atomic E-state index is 0.0400. The van der Waals surface area contributed by atoms with E-state index in [2.05, 4.69) is 13.8 Å². The second-order valence-corrected chi connectivity index (χ2v) is 4.96. The van der Waals surface area contributed by atoms with Crippen molar-refractivity contribution in [1.82, 2.24) is 0 Å². The smallest absolute Gasteiger partial charge is 0.306 e. The number of hydrogen-bond donors (Lipinski definition) is 1. The Morgan fingerprint density at radius 2 is 1.75 bits per heavy atom. The number of rotatable bonds is 1. The molecule has 2 atom stereocenters. The number of carboxylic acids is 1. The van der Waals surface area contributed by atoms with E-state index in [0.29, 0.717) is 17.3 Å². The molecule has 2 nitrogen and oxygen atoms in total. The molecule has 0 aromatic rings. The molecule has 12 heavy (non-hydrogen) atoms. The Kier molecular flexibility index (Phi) is 1.51. The largest absolute Gasteiger partial charge is 0.481 e. The Bertz CT molecular complexity index is 206. The molecule has 0 spiro atoms. The second kappa shape index (κ2) is 2.24. The molecule has 1 N–H and O–H groups in total. The molecule has 3 saturated carbocycles. The van der Waals surface area contributed by atoms with E-state index < -0.39 is 5.97 Å². The molecule has 3 rings (SSSR count). The van der Waals surface area contributed by atoms with Gasteiger partial charge in [-0.15, -0.1) is 0 Å². The van der Waals surface area contributed by atoms with Crippen molar-refractivity contribution in [3.63, 3.8) is 0 Å². The molecule has 2 unspecified atom stereocenters. The lowest BCUT2D eigenvalue weighted by Crippen LogP contribution is -2.51. The zero-order chi connectivity index (χ0) is 8.93. The van der Waals surface area contributed by atoms with Gasteiger partial charge in [0.15, 0.2) is 0 Å². The molecule has 2 bridgehead atoms. The van der Waals surface area contributed by atoms with E-state index in [4.69, 9.17) is 5.11 Å². The summed E-state index contributed by atoms with van der Waals surface area (Å²) in [5.41, 5.74) is 0.436. The lowest BCUT2D eigenvalue weighted by atomic mass is 9.47. The third-order valence-corrected chi connectivity index (χ3v) is 4.16. The zero-order valence-electron chi connectivity index (χ0n) is 7.71. The Hall–Kier alpha value is -0.530. The third kappa shape index (κ3) is 0.900. The molecule has 3 aliphatic carbocycles.